The Balaban J connectivity index is 2.61. The lowest BCUT2D eigenvalue weighted by Crippen LogP contribution is -2.13. The number of esters is 1. The van der Waals surface area contributed by atoms with Crippen LogP contribution in [0.2, 0.25) is 0 Å². The zero-order valence-corrected chi connectivity index (χ0v) is 9.77. The van der Waals surface area contributed by atoms with Gasteiger partial charge in [-0.2, -0.15) is 0 Å². The molecule has 0 saturated heterocycles. The van der Waals surface area contributed by atoms with Gasteiger partial charge < -0.3 is 9.47 Å². The smallest absolute Gasteiger partial charge is 0.358 e. The van der Waals surface area contributed by atoms with Gasteiger partial charge in [-0.15, -0.1) is 0 Å². The van der Waals surface area contributed by atoms with Gasteiger partial charge in [0, 0.05) is 0 Å². The highest BCUT2D eigenvalue weighted by atomic mass is 16.5. The normalized spacial score (nSPS) is 11.9. The van der Waals surface area contributed by atoms with Gasteiger partial charge in [-0.3, -0.25) is 0 Å². The number of rotatable bonds is 5. The SMILES string of the molecule is CCCC(C)Oc1cnc(C(=O)OC)cn1. The quantitative estimate of drug-likeness (QED) is 0.714. The lowest BCUT2D eigenvalue weighted by molar-refractivity contribution is 0.0593. The lowest BCUT2D eigenvalue weighted by Gasteiger charge is -2.12. The molecule has 5 heteroatoms. The van der Waals surface area contributed by atoms with E-state index >= 15 is 0 Å². The van der Waals surface area contributed by atoms with E-state index in [4.69, 9.17) is 4.74 Å². The predicted molar refractivity (Wildman–Crippen MR) is 58.4 cm³/mol. The number of nitrogens with zero attached hydrogens (tertiary/aromatic N) is 2. The molecule has 5 nitrogen and oxygen atoms in total. The third kappa shape index (κ3) is 3.49. The molecule has 16 heavy (non-hydrogen) atoms. The molecule has 0 amide bonds. The Hall–Kier alpha value is -1.65. The molecule has 0 aliphatic heterocycles. The van der Waals surface area contributed by atoms with E-state index in [9.17, 15) is 4.79 Å². The van der Waals surface area contributed by atoms with Crippen LogP contribution in [0.1, 0.15) is 37.2 Å². The highest BCUT2D eigenvalue weighted by Gasteiger charge is 2.09. The van der Waals surface area contributed by atoms with Gasteiger partial charge in [-0.25, -0.2) is 14.8 Å². The van der Waals surface area contributed by atoms with Crippen molar-refractivity contribution in [2.45, 2.75) is 32.8 Å². The number of carbonyl (C=O) groups excluding carboxylic acids is 1. The Labute approximate surface area is 94.8 Å². The van der Waals surface area contributed by atoms with E-state index in [0.717, 1.165) is 12.8 Å². The Kier molecular flexibility index (Phi) is 4.69. The van der Waals surface area contributed by atoms with Crippen LogP contribution in [0.3, 0.4) is 0 Å². The van der Waals surface area contributed by atoms with Crippen LogP contribution in [0, 0.1) is 0 Å². The topological polar surface area (TPSA) is 61.3 Å². The maximum Gasteiger partial charge on any atom is 0.358 e. The number of aromatic nitrogens is 2. The second-order valence-corrected chi connectivity index (χ2v) is 3.45. The van der Waals surface area contributed by atoms with Crippen molar-refractivity contribution < 1.29 is 14.3 Å². The summed E-state index contributed by atoms with van der Waals surface area (Å²) in [7, 11) is 1.30. The van der Waals surface area contributed by atoms with Crippen molar-refractivity contribution >= 4 is 5.97 Å². The molecule has 1 aromatic rings. The number of ether oxygens (including phenoxy) is 2. The second-order valence-electron chi connectivity index (χ2n) is 3.45. The molecule has 0 bridgehead atoms. The summed E-state index contributed by atoms with van der Waals surface area (Å²) >= 11 is 0. The van der Waals surface area contributed by atoms with E-state index in [2.05, 4.69) is 21.6 Å². The Bertz CT molecular complexity index is 338. The molecule has 0 fully saturated rings. The van der Waals surface area contributed by atoms with Gasteiger partial charge in [0.05, 0.1) is 25.6 Å². The van der Waals surface area contributed by atoms with Gasteiger partial charge in [0.25, 0.3) is 0 Å². The van der Waals surface area contributed by atoms with Crippen LogP contribution in [-0.2, 0) is 4.74 Å². The van der Waals surface area contributed by atoms with Crippen LogP contribution in [0.5, 0.6) is 5.88 Å². The van der Waals surface area contributed by atoms with Crippen molar-refractivity contribution in [2.75, 3.05) is 7.11 Å². The molecule has 0 spiro atoms. The first-order chi connectivity index (χ1) is 7.67. The van der Waals surface area contributed by atoms with Crippen LogP contribution in [-0.4, -0.2) is 29.2 Å². The van der Waals surface area contributed by atoms with Crippen molar-refractivity contribution in [1.82, 2.24) is 9.97 Å². The fraction of sp³-hybridized carbons (Fsp3) is 0.545. The molecule has 0 aromatic carbocycles. The number of methoxy groups -OCH3 is 1. The molecule has 1 atom stereocenters. The van der Waals surface area contributed by atoms with Gasteiger partial charge >= 0.3 is 5.97 Å². The number of hydrogen-bond donors (Lipinski definition) is 0. The fourth-order valence-corrected chi connectivity index (χ4v) is 1.26. The zero-order valence-electron chi connectivity index (χ0n) is 9.77. The first-order valence-electron chi connectivity index (χ1n) is 5.24. The minimum atomic E-state index is -0.499. The summed E-state index contributed by atoms with van der Waals surface area (Å²) in [5, 5.41) is 0. The molecule has 1 heterocycles. The first-order valence-corrected chi connectivity index (χ1v) is 5.24. The maximum atomic E-state index is 11.1. The molecule has 1 aromatic heterocycles. The third-order valence-corrected chi connectivity index (χ3v) is 2.04. The standard InChI is InChI=1S/C11H16N2O3/c1-4-5-8(2)16-10-7-12-9(6-13-10)11(14)15-3/h6-8H,4-5H2,1-3H3. The summed E-state index contributed by atoms with van der Waals surface area (Å²) in [5.41, 5.74) is 0.179. The highest BCUT2D eigenvalue weighted by molar-refractivity contribution is 5.86. The van der Waals surface area contributed by atoms with Crippen LogP contribution in [0.25, 0.3) is 0 Å². The van der Waals surface area contributed by atoms with E-state index < -0.39 is 5.97 Å². The summed E-state index contributed by atoms with van der Waals surface area (Å²) in [6.07, 6.45) is 4.89. The van der Waals surface area contributed by atoms with E-state index in [1.807, 2.05) is 6.92 Å². The molecule has 0 aliphatic rings. The Morgan fingerprint density at radius 2 is 2.19 bits per heavy atom. The molecule has 88 valence electrons. The second kappa shape index (κ2) is 6.05. The fourth-order valence-electron chi connectivity index (χ4n) is 1.26. The van der Waals surface area contributed by atoms with E-state index in [-0.39, 0.29) is 11.8 Å². The summed E-state index contributed by atoms with van der Waals surface area (Å²) in [6, 6.07) is 0. The first kappa shape index (κ1) is 12.4. The van der Waals surface area contributed by atoms with Crippen LogP contribution in [0.15, 0.2) is 12.4 Å². The van der Waals surface area contributed by atoms with E-state index in [1.54, 1.807) is 0 Å². The van der Waals surface area contributed by atoms with E-state index in [1.165, 1.54) is 19.5 Å². The van der Waals surface area contributed by atoms with Gasteiger partial charge in [-0.1, -0.05) is 13.3 Å². The third-order valence-electron chi connectivity index (χ3n) is 2.04. The maximum absolute atomic E-state index is 11.1. The molecule has 1 unspecified atom stereocenters. The highest BCUT2D eigenvalue weighted by Crippen LogP contribution is 2.09. The number of hydrogen-bond acceptors (Lipinski definition) is 5. The van der Waals surface area contributed by atoms with E-state index in [0.29, 0.717) is 5.88 Å². The summed E-state index contributed by atoms with van der Waals surface area (Å²) < 4.78 is 10.0. The van der Waals surface area contributed by atoms with Crippen LogP contribution >= 0.6 is 0 Å². The largest absolute Gasteiger partial charge is 0.474 e. The molecule has 0 aliphatic carbocycles. The average molecular weight is 224 g/mol. The average Bonchev–Trinajstić information content (AvgIpc) is 2.29. The molecule has 0 N–H and O–H groups in total. The summed E-state index contributed by atoms with van der Waals surface area (Å²) in [6.45, 7) is 4.06. The lowest BCUT2D eigenvalue weighted by atomic mass is 10.2. The summed E-state index contributed by atoms with van der Waals surface area (Å²) in [4.78, 5) is 19.0. The molecule has 0 radical (unpaired) electrons. The molecule has 1 rings (SSSR count). The molecular weight excluding hydrogens is 208 g/mol. The van der Waals surface area contributed by atoms with Gasteiger partial charge in [-0.05, 0) is 13.3 Å². The van der Waals surface area contributed by atoms with Crippen molar-refractivity contribution in [3.8, 4) is 5.88 Å². The van der Waals surface area contributed by atoms with Crippen molar-refractivity contribution in [1.29, 1.82) is 0 Å². The van der Waals surface area contributed by atoms with Crippen molar-refractivity contribution in [3.63, 3.8) is 0 Å². The van der Waals surface area contributed by atoms with Crippen LogP contribution in [0.4, 0.5) is 0 Å². The molecule has 0 saturated carbocycles. The minimum Gasteiger partial charge on any atom is -0.474 e. The minimum absolute atomic E-state index is 0.100. The van der Waals surface area contributed by atoms with Gasteiger partial charge in [0.2, 0.25) is 5.88 Å². The Morgan fingerprint density at radius 3 is 2.69 bits per heavy atom. The van der Waals surface area contributed by atoms with Crippen molar-refractivity contribution in [3.05, 3.63) is 18.1 Å². The number of carbonyl (C=O) groups is 1. The molecular formula is C11H16N2O3. The summed E-state index contributed by atoms with van der Waals surface area (Å²) in [5.74, 6) is -0.0748. The zero-order chi connectivity index (χ0) is 12.0. The van der Waals surface area contributed by atoms with Gasteiger partial charge in [0.1, 0.15) is 0 Å². The Morgan fingerprint density at radius 1 is 1.44 bits per heavy atom. The monoisotopic (exact) mass is 224 g/mol. The van der Waals surface area contributed by atoms with Crippen molar-refractivity contribution in [2.24, 2.45) is 0 Å². The predicted octanol–water partition coefficient (Wildman–Crippen LogP) is 1.83. The van der Waals surface area contributed by atoms with Gasteiger partial charge in [0.15, 0.2) is 5.69 Å². The van der Waals surface area contributed by atoms with Crippen LogP contribution < -0.4 is 4.74 Å².